The molecule has 5 heteroatoms. The van der Waals surface area contributed by atoms with Gasteiger partial charge >= 0.3 is 0 Å². The Hall–Kier alpha value is -7.63. The Kier molecular flexibility index (Phi) is 7.20. The molecular weight excluding hydrogens is 719 g/mol. The zero-order chi connectivity index (χ0) is 39.2. The summed E-state index contributed by atoms with van der Waals surface area (Å²) in [7, 11) is 0. The Balaban J connectivity index is 1.16. The fourth-order valence-electron chi connectivity index (χ4n) is 9.52. The van der Waals surface area contributed by atoms with Gasteiger partial charge in [-0.25, -0.2) is 0 Å². The van der Waals surface area contributed by atoms with Crippen molar-refractivity contribution < 1.29 is 0 Å². The van der Waals surface area contributed by atoms with Crippen molar-refractivity contribution in [2.24, 2.45) is 0 Å². The van der Waals surface area contributed by atoms with Crippen LogP contribution in [0.2, 0.25) is 0 Å². The second kappa shape index (κ2) is 12.7. The highest BCUT2D eigenvalue weighted by molar-refractivity contribution is 6.11. The predicted octanol–water partition coefficient (Wildman–Crippen LogP) is 13.4. The van der Waals surface area contributed by atoms with E-state index >= 15 is 0 Å². The molecule has 0 fully saturated rings. The highest BCUT2D eigenvalue weighted by atomic mass is 15.3. The van der Waals surface area contributed by atoms with Crippen LogP contribution in [-0.4, -0.2) is 24.1 Å². The maximum atomic E-state index is 5.49. The van der Waals surface area contributed by atoms with E-state index in [-0.39, 0.29) is 5.41 Å². The largest absolute Gasteiger partial charge is 0.278 e. The summed E-state index contributed by atoms with van der Waals surface area (Å²) < 4.78 is 4.45. The molecule has 5 nitrogen and oxygen atoms in total. The minimum absolute atomic E-state index is 0.179. The van der Waals surface area contributed by atoms with Crippen molar-refractivity contribution in [3.8, 4) is 56.7 Å². The lowest BCUT2D eigenvalue weighted by molar-refractivity contribution is 0.660. The Morgan fingerprint density at radius 2 is 0.797 bits per heavy atom. The van der Waals surface area contributed by atoms with E-state index < -0.39 is 0 Å². The minimum atomic E-state index is -0.179. The topological polar surface area (TPSA) is 48.5 Å². The van der Waals surface area contributed by atoms with Gasteiger partial charge in [-0.15, -0.1) is 0 Å². The maximum Gasteiger partial charge on any atom is 0.240 e. The normalized spacial score (nSPS) is 13.1. The second-order valence-corrected chi connectivity index (χ2v) is 16.1. The van der Waals surface area contributed by atoms with Gasteiger partial charge in [-0.1, -0.05) is 172 Å². The summed E-state index contributed by atoms with van der Waals surface area (Å²) in [6.07, 6.45) is 0. The predicted molar refractivity (Wildman–Crippen MR) is 242 cm³/mol. The molecule has 0 bridgehead atoms. The van der Waals surface area contributed by atoms with Gasteiger partial charge in [0, 0.05) is 32.5 Å². The van der Waals surface area contributed by atoms with E-state index in [1.54, 1.807) is 0 Å². The van der Waals surface area contributed by atoms with Crippen LogP contribution in [0.1, 0.15) is 25.0 Å². The Labute approximate surface area is 341 Å². The molecule has 0 N–H and O–H groups in total. The molecule has 3 aromatic heterocycles. The van der Waals surface area contributed by atoms with E-state index in [1.807, 2.05) is 0 Å². The van der Waals surface area contributed by atoms with Crippen LogP contribution < -0.4 is 0 Å². The average molecular weight is 756 g/mol. The molecule has 1 aliphatic carbocycles. The zero-order valence-corrected chi connectivity index (χ0v) is 32.6. The van der Waals surface area contributed by atoms with Crippen LogP contribution >= 0.6 is 0 Å². The summed E-state index contributed by atoms with van der Waals surface area (Å²) in [4.78, 5) is 16.4. The van der Waals surface area contributed by atoms with Gasteiger partial charge in [0.25, 0.3) is 0 Å². The third-order valence-electron chi connectivity index (χ3n) is 12.4. The number of benzene rings is 8. The van der Waals surface area contributed by atoms with E-state index in [0.717, 1.165) is 71.4 Å². The van der Waals surface area contributed by atoms with Gasteiger partial charge in [-0.3, -0.25) is 9.13 Å². The smallest absolute Gasteiger partial charge is 0.240 e. The van der Waals surface area contributed by atoms with Gasteiger partial charge in [0.15, 0.2) is 5.82 Å². The molecule has 59 heavy (non-hydrogen) atoms. The molecule has 0 saturated carbocycles. The Morgan fingerprint density at radius 3 is 1.37 bits per heavy atom. The first-order valence-corrected chi connectivity index (χ1v) is 20.2. The molecule has 0 atom stereocenters. The fourth-order valence-corrected chi connectivity index (χ4v) is 9.52. The van der Waals surface area contributed by atoms with Gasteiger partial charge in [-0.05, 0) is 74.8 Å². The highest BCUT2D eigenvalue weighted by Crippen LogP contribution is 2.49. The molecule has 12 rings (SSSR count). The van der Waals surface area contributed by atoms with Crippen LogP contribution in [-0.2, 0) is 5.41 Å². The summed E-state index contributed by atoms with van der Waals surface area (Å²) in [6.45, 7) is 4.63. The Morgan fingerprint density at radius 1 is 0.339 bits per heavy atom. The zero-order valence-electron chi connectivity index (χ0n) is 32.6. The first-order chi connectivity index (χ1) is 29.0. The van der Waals surface area contributed by atoms with Crippen LogP contribution in [0.25, 0.3) is 100 Å². The highest BCUT2D eigenvalue weighted by Gasteiger charge is 2.35. The molecule has 278 valence electrons. The van der Waals surface area contributed by atoms with E-state index in [4.69, 9.17) is 15.0 Å². The van der Waals surface area contributed by atoms with Gasteiger partial charge in [-0.2, -0.15) is 15.0 Å². The number of para-hydroxylation sites is 2. The van der Waals surface area contributed by atoms with E-state index in [2.05, 4.69) is 211 Å². The van der Waals surface area contributed by atoms with Crippen LogP contribution in [0.4, 0.5) is 0 Å². The van der Waals surface area contributed by atoms with Crippen molar-refractivity contribution in [1.82, 2.24) is 24.1 Å². The van der Waals surface area contributed by atoms with Gasteiger partial charge in [0.1, 0.15) is 0 Å². The third-order valence-corrected chi connectivity index (χ3v) is 12.4. The third kappa shape index (κ3) is 5.08. The fraction of sp³-hybridized carbons (Fsp3) is 0.0556. The number of nitrogens with zero attached hydrogens (tertiary/aromatic N) is 5. The SMILES string of the molecule is CC1(C)c2ccccc2-c2ccc(-c3nc(-n4c5ccccc5c5ccc(-c6ccccc6)cc54)nc(-n4c5ccccc5c5ccc(-c6ccccc6)cc54)n3)cc21. The average Bonchev–Trinajstić information content (AvgIpc) is 3.89. The summed E-state index contributed by atoms with van der Waals surface area (Å²) in [5.41, 5.74) is 14.7. The molecular formula is C54H37N5. The number of aromatic nitrogens is 5. The summed E-state index contributed by atoms with van der Waals surface area (Å²) in [6, 6.07) is 67.2. The van der Waals surface area contributed by atoms with E-state index in [1.165, 1.54) is 22.3 Å². The van der Waals surface area contributed by atoms with E-state index in [0.29, 0.717) is 17.7 Å². The quantitative estimate of drug-likeness (QED) is 0.176. The monoisotopic (exact) mass is 755 g/mol. The first-order valence-electron chi connectivity index (χ1n) is 20.2. The van der Waals surface area contributed by atoms with Gasteiger partial charge in [0.05, 0.1) is 22.1 Å². The van der Waals surface area contributed by atoms with Crippen molar-refractivity contribution >= 4 is 43.6 Å². The summed E-state index contributed by atoms with van der Waals surface area (Å²) >= 11 is 0. The maximum absolute atomic E-state index is 5.49. The molecule has 11 aromatic rings. The molecule has 0 amide bonds. The number of hydrogen-bond acceptors (Lipinski definition) is 3. The standard InChI is InChI=1S/C54H37N5/c1-54(2)45-22-12-9-19-39(45)40-28-27-38(31-46(40)54)51-55-52(58-47-23-13-10-20-41(47)43-29-25-36(32-49(43)58)34-15-5-3-6-16-34)57-53(56-51)59-48-24-14-11-21-42(48)44-30-26-37(33-50(44)59)35-17-7-4-8-18-35/h3-33H,1-2H3. The van der Waals surface area contributed by atoms with Crippen molar-refractivity contribution in [1.29, 1.82) is 0 Å². The molecule has 8 aromatic carbocycles. The molecule has 0 saturated heterocycles. The lowest BCUT2D eigenvalue weighted by Crippen LogP contribution is -2.15. The minimum Gasteiger partial charge on any atom is -0.278 e. The van der Waals surface area contributed by atoms with Crippen LogP contribution in [0, 0.1) is 0 Å². The Bertz CT molecular complexity index is 3290. The lowest BCUT2D eigenvalue weighted by Gasteiger charge is -2.22. The lowest BCUT2D eigenvalue weighted by atomic mass is 9.82. The summed E-state index contributed by atoms with van der Waals surface area (Å²) in [5, 5.41) is 4.58. The van der Waals surface area contributed by atoms with Crippen molar-refractivity contribution in [2.45, 2.75) is 19.3 Å². The van der Waals surface area contributed by atoms with Crippen LogP contribution in [0.5, 0.6) is 0 Å². The van der Waals surface area contributed by atoms with Gasteiger partial charge < -0.3 is 0 Å². The van der Waals surface area contributed by atoms with Crippen molar-refractivity contribution in [3.63, 3.8) is 0 Å². The van der Waals surface area contributed by atoms with Gasteiger partial charge in [0.2, 0.25) is 11.9 Å². The van der Waals surface area contributed by atoms with Crippen molar-refractivity contribution in [3.05, 3.63) is 199 Å². The molecule has 0 aliphatic heterocycles. The number of fused-ring (bicyclic) bond motifs is 9. The molecule has 1 aliphatic rings. The second-order valence-electron chi connectivity index (χ2n) is 16.1. The van der Waals surface area contributed by atoms with Crippen molar-refractivity contribution in [2.75, 3.05) is 0 Å². The summed E-state index contributed by atoms with van der Waals surface area (Å²) in [5.74, 6) is 1.75. The molecule has 3 heterocycles. The number of rotatable bonds is 5. The molecule has 0 spiro atoms. The van der Waals surface area contributed by atoms with E-state index in [9.17, 15) is 0 Å². The first kappa shape index (κ1) is 33.5. The number of hydrogen-bond donors (Lipinski definition) is 0. The molecule has 0 unspecified atom stereocenters. The van der Waals surface area contributed by atoms with Crippen LogP contribution in [0.15, 0.2) is 188 Å². The molecule has 0 radical (unpaired) electrons. The van der Waals surface area contributed by atoms with Crippen LogP contribution in [0.3, 0.4) is 0 Å².